The first-order chi connectivity index (χ1) is 36.6. The third kappa shape index (κ3) is 11.5. The minimum Gasteiger partial charge on any atom is -0.482 e. The number of anilines is 2. The number of ether oxygens (including phenoxy) is 2. The smallest absolute Gasteiger partial charge is 0.335 e. The Balaban J connectivity index is 0.000000186. The number of aromatic carboxylic acids is 2. The summed E-state index contributed by atoms with van der Waals surface area (Å²) >= 11 is 10.5. The van der Waals surface area contributed by atoms with Gasteiger partial charge in [-0.15, -0.1) is 10.2 Å². The van der Waals surface area contributed by atoms with Crippen LogP contribution in [0.1, 0.15) is 84.9 Å². The summed E-state index contributed by atoms with van der Waals surface area (Å²) in [7, 11) is 0. The summed E-state index contributed by atoms with van der Waals surface area (Å²) in [6.07, 6.45) is 0. The van der Waals surface area contributed by atoms with E-state index in [1.54, 1.807) is 60.7 Å². The zero-order valence-electron chi connectivity index (χ0n) is 39.0. The van der Waals surface area contributed by atoms with Crippen LogP contribution < -0.4 is 41.4 Å². The maximum atomic E-state index is 13.1. The molecule has 10 N–H and O–H groups in total. The van der Waals surface area contributed by atoms with Crippen LogP contribution in [0.25, 0.3) is 11.6 Å². The lowest BCUT2D eigenvalue weighted by atomic mass is 10.1. The molecule has 0 saturated carbocycles. The molecular weight excluding hydrogens is 1030 g/mol. The summed E-state index contributed by atoms with van der Waals surface area (Å²) in [5.41, 5.74) is 4.00. The van der Waals surface area contributed by atoms with Crippen molar-refractivity contribution >= 4 is 94.7 Å². The molecule has 8 aromatic rings. The summed E-state index contributed by atoms with van der Waals surface area (Å²) < 4.78 is 13.5. The molecule has 4 aromatic heterocycles. The zero-order valence-corrected chi connectivity index (χ0v) is 40.6. The molecule has 10 rings (SSSR count). The van der Waals surface area contributed by atoms with E-state index in [0.29, 0.717) is 45.1 Å². The Bertz CT molecular complexity index is 3820. The Labute approximate surface area is 435 Å². The molecule has 6 amide bonds. The molecule has 0 fully saturated rings. The highest BCUT2D eigenvalue weighted by atomic mass is 32.1. The third-order valence-corrected chi connectivity index (χ3v) is 11.8. The number of amides is 6. The Morgan fingerprint density at radius 2 is 0.868 bits per heavy atom. The van der Waals surface area contributed by atoms with Gasteiger partial charge in [-0.3, -0.25) is 28.8 Å². The van der Waals surface area contributed by atoms with Crippen LogP contribution in [0.4, 0.5) is 11.4 Å². The molecule has 76 heavy (non-hydrogen) atoms. The maximum Gasteiger partial charge on any atom is 0.335 e. The molecule has 0 bridgehead atoms. The average Bonchev–Trinajstić information content (AvgIpc) is 4.02. The zero-order chi connectivity index (χ0) is 53.6. The molecule has 0 unspecified atom stereocenters. The molecule has 2 aliphatic rings. The summed E-state index contributed by atoms with van der Waals surface area (Å²) in [5.74, 6) is -3.69. The highest BCUT2D eigenvalue weighted by Crippen LogP contribution is 2.29. The van der Waals surface area contributed by atoms with Gasteiger partial charge in [0.15, 0.2) is 13.2 Å². The summed E-state index contributed by atoms with van der Waals surface area (Å²) in [6.45, 7) is 0.341. The lowest BCUT2D eigenvalue weighted by Gasteiger charge is -2.18. The van der Waals surface area contributed by atoms with Crippen LogP contribution in [0.15, 0.2) is 97.1 Å². The van der Waals surface area contributed by atoms with E-state index in [1.165, 1.54) is 45.2 Å². The highest BCUT2D eigenvalue weighted by Gasteiger charge is 2.23. The molecule has 0 radical (unpaired) electrons. The molecule has 384 valence electrons. The van der Waals surface area contributed by atoms with E-state index in [-0.39, 0.29) is 106 Å². The molecule has 0 aliphatic carbocycles. The molecule has 2 aliphatic heterocycles. The normalized spacial score (nSPS) is 12.3. The van der Waals surface area contributed by atoms with Crippen LogP contribution in [-0.2, 0) is 35.8 Å². The number of carbonyl (C=O) groups excluding carboxylic acids is 6. The maximum absolute atomic E-state index is 13.1. The van der Waals surface area contributed by atoms with Crippen molar-refractivity contribution in [1.29, 1.82) is 0 Å². The number of H-pyrrole nitrogens is 2. The number of carboxylic acid groups (broad SMARTS) is 2. The van der Waals surface area contributed by atoms with E-state index in [4.69, 9.17) is 44.1 Å². The fourth-order valence-corrected chi connectivity index (χ4v) is 7.95. The molecule has 6 heterocycles. The molecule has 0 atom stereocenters. The van der Waals surface area contributed by atoms with Crippen LogP contribution in [0.5, 0.6) is 11.5 Å². The average molecular weight is 1070 g/mol. The first-order valence-electron chi connectivity index (χ1n) is 22.4. The Kier molecular flexibility index (Phi) is 14.6. The second kappa shape index (κ2) is 21.9. The topological polar surface area (TPSA) is 360 Å². The van der Waals surface area contributed by atoms with Gasteiger partial charge in [0.1, 0.15) is 34.3 Å². The fourth-order valence-electron chi connectivity index (χ4n) is 7.50. The third-order valence-electron chi connectivity index (χ3n) is 11.3. The van der Waals surface area contributed by atoms with Crippen LogP contribution in [-0.4, -0.2) is 110 Å². The fraction of sp³-hybridized carbons (Fsp3) is 0.125. The number of rotatable bonds is 14. The minimum absolute atomic E-state index is 0.0345. The van der Waals surface area contributed by atoms with Gasteiger partial charge in [0.05, 0.1) is 22.5 Å². The number of carbonyl (C=O) groups is 8. The second-order valence-electron chi connectivity index (χ2n) is 16.5. The van der Waals surface area contributed by atoms with Gasteiger partial charge >= 0.3 is 11.9 Å². The highest BCUT2D eigenvalue weighted by molar-refractivity contribution is 7.71. The van der Waals surface area contributed by atoms with E-state index >= 15 is 0 Å². The number of carboxylic acids is 2. The molecular formula is C48H38N14O12S2. The van der Waals surface area contributed by atoms with Crippen molar-refractivity contribution in [3.63, 3.8) is 0 Å². The Morgan fingerprint density at radius 1 is 0.513 bits per heavy atom. The van der Waals surface area contributed by atoms with Gasteiger partial charge in [-0.05, 0) is 107 Å². The second-order valence-corrected chi connectivity index (χ2v) is 17.2. The van der Waals surface area contributed by atoms with Crippen LogP contribution >= 0.6 is 24.4 Å². The van der Waals surface area contributed by atoms with Crippen molar-refractivity contribution in [2.45, 2.75) is 26.2 Å². The Hall–Kier alpha value is -10.2. The standard InChI is InChI=1S/2C24H19N7O6S/c32-19-11-37-18-6-3-13(7-15(18)27-19)10-25-20(33)16-8-17(31-23(28-16)29-30-24(31)38)21(34)26-9-12-1-4-14(5-2-12)22(35)36;32-19-11-37-18-6-3-13(7-15(18)27-19)10-26-21(34)17-8-16(28-23-29-30-24(38)31(17)23)20(33)25-9-12-1-4-14(5-2-12)22(35)36/h2*1-8H,9-11H2,(H,25,33)(H,26,34)(H,27,32)(H,30,38)(H,35,36). The number of aromatic nitrogens is 8. The van der Waals surface area contributed by atoms with Crippen LogP contribution in [0.3, 0.4) is 0 Å². The monoisotopic (exact) mass is 1070 g/mol. The van der Waals surface area contributed by atoms with Gasteiger partial charge in [0.25, 0.3) is 47.0 Å². The number of hydrogen-bond donors (Lipinski definition) is 10. The van der Waals surface area contributed by atoms with E-state index < -0.39 is 35.6 Å². The number of fused-ring (bicyclic) bond motifs is 4. The van der Waals surface area contributed by atoms with Crippen LogP contribution in [0.2, 0.25) is 0 Å². The van der Waals surface area contributed by atoms with Gasteiger partial charge < -0.3 is 51.6 Å². The van der Waals surface area contributed by atoms with E-state index in [1.807, 2.05) is 0 Å². The quantitative estimate of drug-likeness (QED) is 0.0698. The molecule has 0 spiro atoms. The summed E-state index contributed by atoms with van der Waals surface area (Å²) in [4.78, 5) is 106. The predicted molar refractivity (Wildman–Crippen MR) is 269 cm³/mol. The number of benzene rings is 4. The lowest BCUT2D eigenvalue weighted by Crippen LogP contribution is -2.28. The van der Waals surface area contributed by atoms with Gasteiger partial charge in [0.2, 0.25) is 9.54 Å². The first-order valence-corrected chi connectivity index (χ1v) is 23.2. The SMILES string of the molecule is O=C1COc2ccc(CNC(=O)c3cc(C(=O)NCc4ccc(C(=O)O)cc4)n4c(=S)[nH]nc4n3)cc2N1.O=C1COc2ccc(CNC(=O)c3cc(C(=O)NCc4ccc(C(=O)O)cc4)nc4n[nH]c(=S)n34)cc2N1. The van der Waals surface area contributed by atoms with E-state index in [0.717, 1.165) is 0 Å². The van der Waals surface area contributed by atoms with Crippen molar-refractivity contribution < 1.29 is 58.0 Å². The van der Waals surface area contributed by atoms with Crippen LogP contribution in [0, 0.1) is 9.54 Å². The largest absolute Gasteiger partial charge is 0.482 e. The molecule has 0 saturated heterocycles. The number of hydrogen-bond acceptors (Lipinski definition) is 16. The molecule has 4 aromatic carbocycles. The lowest BCUT2D eigenvalue weighted by molar-refractivity contribution is -0.119. The van der Waals surface area contributed by atoms with Crippen molar-refractivity contribution in [3.05, 3.63) is 163 Å². The van der Waals surface area contributed by atoms with Crippen molar-refractivity contribution in [3.8, 4) is 11.5 Å². The first kappa shape index (κ1) is 50.7. The van der Waals surface area contributed by atoms with Crippen molar-refractivity contribution in [2.24, 2.45) is 0 Å². The number of nitrogens with zero attached hydrogens (tertiary/aromatic N) is 6. The van der Waals surface area contributed by atoms with Gasteiger partial charge in [-0.1, -0.05) is 36.4 Å². The van der Waals surface area contributed by atoms with Gasteiger partial charge in [-0.2, -0.15) is 0 Å². The number of aromatic amines is 2. The summed E-state index contributed by atoms with van der Waals surface area (Å²) in [5, 5.41) is 47.5. The molecule has 28 heteroatoms. The van der Waals surface area contributed by atoms with Gasteiger partial charge in [-0.25, -0.2) is 38.6 Å². The number of nitrogens with one attached hydrogen (secondary N) is 8. The van der Waals surface area contributed by atoms with E-state index in [9.17, 15) is 38.4 Å². The van der Waals surface area contributed by atoms with Gasteiger partial charge in [0, 0.05) is 26.2 Å². The van der Waals surface area contributed by atoms with E-state index in [2.05, 4.69) is 62.3 Å². The Morgan fingerprint density at radius 3 is 1.25 bits per heavy atom. The van der Waals surface area contributed by atoms with Crippen molar-refractivity contribution in [1.82, 2.24) is 60.4 Å². The minimum atomic E-state index is -1.05. The molecule has 26 nitrogen and oxygen atoms in total. The predicted octanol–water partition coefficient (Wildman–Crippen LogP) is 3.35. The van der Waals surface area contributed by atoms with Crippen molar-refractivity contribution in [2.75, 3.05) is 23.8 Å². The summed E-state index contributed by atoms with van der Waals surface area (Å²) in [6, 6.07) is 25.0.